The van der Waals surface area contributed by atoms with E-state index in [0.717, 1.165) is 30.3 Å². The number of aromatic nitrogens is 2. The molecule has 1 amide bonds. The van der Waals surface area contributed by atoms with Crippen LogP contribution >= 0.6 is 0 Å². The van der Waals surface area contributed by atoms with Gasteiger partial charge in [-0.25, -0.2) is 9.37 Å². The number of nitrogens with zero attached hydrogens (tertiary/aromatic N) is 2. The number of alkyl halides is 6. The van der Waals surface area contributed by atoms with E-state index in [1.807, 2.05) is 0 Å². The zero-order valence-corrected chi connectivity index (χ0v) is 15.1. The van der Waals surface area contributed by atoms with Crippen LogP contribution in [0.5, 0.6) is 11.6 Å². The number of carbonyl (C=O) groups excluding carboxylic acids is 1. The van der Waals surface area contributed by atoms with Crippen molar-refractivity contribution in [2.24, 2.45) is 0 Å². The number of anilines is 1. The van der Waals surface area contributed by atoms with Gasteiger partial charge in [-0.05, 0) is 42.5 Å². The van der Waals surface area contributed by atoms with Crippen LogP contribution in [0.1, 0.15) is 21.7 Å². The van der Waals surface area contributed by atoms with E-state index in [2.05, 4.69) is 15.3 Å². The molecule has 0 bridgehead atoms. The SMILES string of the molecule is O=C(Nc1ccc(F)cc1)c1cnc(C(F)(F)F)nc1Oc1cccc(C(F)(F)F)c1. The monoisotopic (exact) mass is 445 g/mol. The summed E-state index contributed by atoms with van der Waals surface area (Å²) in [6.45, 7) is 0. The van der Waals surface area contributed by atoms with Gasteiger partial charge in [-0.1, -0.05) is 6.07 Å². The van der Waals surface area contributed by atoms with Crippen molar-refractivity contribution in [3.05, 3.63) is 77.5 Å². The lowest BCUT2D eigenvalue weighted by Crippen LogP contribution is -2.18. The molecule has 0 fully saturated rings. The van der Waals surface area contributed by atoms with E-state index in [0.29, 0.717) is 12.3 Å². The van der Waals surface area contributed by atoms with Gasteiger partial charge in [0.2, 0.25) is 11.7 Å². The summed E-state index contributed by atoms with van der Waals surface area (Å²) in [4.78, 5) is 18.7. The zero-order valence-electron chi connectivity index (χ0n) is 15.1. The molecule has 0 radical (unpaired) electrons. The van der Waals surface area contributed by atoms with Crippen LogP contribution in [-0.4, -0.2) is 15.9 Å². The molecule has 0 unspecified atom stereocenters. The Hall–Kier alpha value is -3.70. The minimum Gasteiger partial charge on any atom is -0.438 e. The minimum atomic E-state index is -5.00. The normalized spacial score (nSPS) is 11.8. The Morgan fingerprint density at radius 2 is 1.61 bits per heavy atom. The first-order valence-electron chi connectivity index (χ1n) is 8.30. The molecule has 2 aromatic carbocycles. The van der Waals surface area contributed by atoms with Gasteiger partial charge in [0.15, 0.2) is 0 Å². The second-order valence-electron chi connectivity index (χ2n) is 6.00. The fourth-order valence-corrected chi connectivity index (χ4v) is 2.32. The first-order chi connectivity index (χ1) is 14.4. The topological polar surface area (TPSA) is 64.1 Å². The van der Waals surface area contributed by atoms with Gasteiger partial charge in [-0.3, -0.25) is 4.79 Å². The number of benzene rings is 2. The quantitative estimate of drug-likeness (QED) is 0.524. The van der Waals surface area contributed by atoms with E-state index in [-0.39, 0.29) is 5.69 Å². The van der Waals surface area contributed by atoms with Gasteiger partial charge in [0.1, 0.15) is 17.1 Å². The first kappa shape index (κ1) is 22.0. The van der Waals surface area contributed by atoms with Gasteiger partial charge >= 0.3 is 12.4 Å². The van der Waals surface area contributed by atoms with E-state index >= 15 is 0 Å². The summed E-state index contributed by atoms with van der Waals surface area (Å²) in [5, 5.41) is 2.28. The van der Waals surface area contributed by atoms with Crippen LogP contribution in [-0.2, 0) is 12.4 Å². The fraction of sp³-hybridized carbons (Fsp3) is 0.105. The molecule has 0 atom stereocenters. The third-order valence-electron chi connectivity index (χ3n) is 3.73. The van der Waals surface area contributed by atoms with Crippen LogP contribution in [0.3, 0.4) is 0 Å². The second kappa shape index (κ2) is 8.20. The molecule has 162 valence electrons. The second-order valence-corrected chi connectivity index (χ2v) is 6.00. The average Bonchev–Trinajstić information content (AvgIpc) is 2.68. The van der Waals surface area contributed by atoms with Crippen LogP contribution in [0.25, 0.3) is 0 Å². The lowest BCUT2D eigenvalue weighted by molar-refractivity contribution is -0.145. The van der Waals surface area contributed by atoms with Gasteiger partial charge < -0.3 is 10.1 Å². The molecule has 0 aliphatic rings. The van der Waals surface area contributed by atoms with Crippen LogP contribution in [0.15, 0.2) is 54.7 Å². The molecule has 3 aromatic rings. The number of ether oxygens (including phenoxy) is 1. The number of hydrogen-bond donors (Lipinski definition) is 1. The maximum absolute atomic E-state index is 13.0. The molecular weight excluding hydrogens is 435 g/mol. The number of halogens is 7. The average molecular weight is 445 g/mol. The van der Waals surface area contributed by atoms with E-state index in [1.165, 1.54) is 12.1 Å². The summed E-state index contributed by atoms with van der Waals surface area (Å²) >= 11 is 0. The third-order valence-corrected chi connectivity index (χ3v) is 3.73. The van der Waals surface area contributed by atoms with E-state index in [9.17, 15) is 35.5 Å². The molecule has 3 rings (SSSR count). The molecule has 12 heteroatoms. The van der Waals surface area contributed by atoms with Gasteiger partial charge in [0.05, 0.1) is 5.56 Å². The molecule has 31 heavy (non-hydrogen) atoms. The van der Waals surface area contributed by atoms with Crippen molar-refractivity contribution in [3.8, 4) is 11.6 Å². The lowest BCUT2D eigenvalue weighted by atomic mass is 10.2. The van der Waals surface area contributed by atoms with Crippen molar-refractivity contribution < 1.29 is 40.3 Å². The minimum absolute atomic E-state index is 0.0938. The maximum atomic E-state index is 13.0. The van der Waals surface area contributed by atoms with Crippen molar-refractivity contribution in [1.82, 2.24) is 9.97 Å². The van der Waals surface area contributed by atoms with Crippen LogP contribution in [0.2, 0.25) is 0 Å². The Balaban J connectivity index is 1.98. The van der Waals surface area contributed by atoms with Gasteiger partial charge in [-0.15, -0.1) is 0 Å². The Labute approximate surface area is 169 Å². The molecule has 0 saturated carbocycles. The summed E-state index contributed by atoms with van der Waals surface area (Å²) in [5.41, 5.74) is -1.61. The summed E-state index contributed by atoms with van der Waals surface area (Å²) in [7, 11) is 0. The molecule has 0 saturated heterocycles. The van der Waals surface area contributed by atoms with Crippen LogP contribution in [0, 0.1) is 5.82 Å². The molecule has 0 aliphatic carbocycles. The number of rotatable bonds is 4. The number of hydrogen-bond acceptors (Lipinski definition) is 4. The van der Waals surface area contributed by atoms with E-state index < -0.39 is 52.7 Å². The van der Waals surface area contributed by atoms with Crippen molar-refractivity contribution >= 4 is 11.6 Å². The zero-order chi connectivity index (χ0) is 22.8. The smallest absolute Gasteiger partial charge is 0.438 e. The molecule has 0 spiro atoms. The standard InChI is InChI=1S/C19H10F7N3O2/c20-11-4-6-12(7-5-11)28-15(30)14-9-27-17(19(24,25)26)29-16(14)31-13-3-1-2-10(8-13)18(21,22)23/h1-9H,(H,28,30). The van der Waals surface area contributed by atoms with Gasteiger partial charge in [0.25, 0.3) is 5.91 Å². The maximum Gasteiger partial charge on any atom is 0.451 e. The van der Waals surface area contributed by atoms with Crippen molar-refractivity contribution in [2.45, 2.75) is 12.4 Å². The fourth-order valence-electron chi connectivity index (χ4n) is 2.32. The first-order valence-corrected chi connectivity index (χ1v) is 8.30. The highest BCUT2D eigenvalue weighted by atomic mass is 19.4. The molecule has 1 aromatic heterocycles. The number of carbonyl (C=O) groups is 1. The summed E-state index contributed by atoms with van der Waals surface area (Å²) in [5.74, 6) is -4.70. The van der Waals surface area contributed by atoms with E-state index in [1.54, 1.807) is 0 Å². The molecular formula is C19H10F7N3O2. The Bertz CT molecular complexity index is 1100. The largest absolute Gasteiger partial charge is 0.451 e. The Kier molecular flexibility index (Phi) is 5.82. The third kappa shape index (κ3) is 5.47. The summed E-state index contributed by atoms with van der Waals surface area (Å²) in [6.07, 6.45) is -9.21. The Morgan fingerprint density at radius 3 is 2.23 bits per heavy atom. The Morgan fingerprint density at radius 1 is 0.935 bits per heavy atom. The lowest BCUT2D eigenvalue weighted by Gasteiger charge is -2.14. The predicted octanol–water partition coefficient (Wildman–Crippen LogP) is 5.70. The summed E-state index contributed by atoms with van der Waals surface area (Å²) < 4.78 is 95.7. The van der Waals surface area contributed by atoms with E-state index in [4.69, 9.17) is 4.74 Å². The van der Waals surface area contributed by atoms with Gasteiger partial charge in [-0.2, -0.15) is 31.3 Å². The van der Waals surface area contributed by atoms with Gasteiger partial charge in [0, 0.05) is 11.9 Å². The number of nitrogens with one attached hydrogen (secondary N) is 1. The van der Waals surface area contributed by atoms with Crippen molar-refractivity contribution in [3.63, 3.8) is 0 Å². The van der Waals surface area contributed by atoms with Crippen LogP contribution in [0.4, 0.5) is 36.4 Å². The molecule has 1 N–H and O–H groups in total. The predicted molar refractivity (Wildman–Crippen MR) is 92.9 cm³/mol. The highest BCUT2D eigenvalue weighted by Crippen LogP contribution is 2.34. The molecule has 0 aliphatic heterocycles. The highest BCUT2D eigenvalue weighted by Gasteiger charge is 2.36. The summed E-state index contributed by atoms with van der Waals surface area (Å²) in [6, 6.07) is 7.72. The highest BCUT2D eigenvalue weighted by molar-refractivity contribution is 6.05. The molecule has 5 nitrogen and oxygen atoms in total. The van der Waals surface area contributed by atoms with Crippen molar-refractivity contribution in [1.29, 1.82) is 0 Å². The van der Waals surface area contributed by atoms with Crippen LogP contribution < -0.4 is 10.1 Å². The number of amides is 1. The van der Waals surface area contributed by atoms with Crippen molar-refractivity contribution in [2.75, 3.05) is 5.32 Å². The molecule has 1 heterocycles.